The molecule has 0 aromatic carbocycles. The number of aliphatic hydroxyl groups excluding tert-OH is 1. The Morgan fingerprint density at radius 3 is 2.69 bits per heavy atom. The van der Waals surface area contributed by atoms with Gasteiger partial charge in [-0.15, -0.1) is 0 Å². The third kappa shape index (κ3) is 2.05. The van der Waals surface area contributed by atoms with E-state index in [-0.39, 0.29) is 5.15 Å². The lowest BCUT2D eigenvalue weighted by molar-refractivity contribution is -0.150. The van der Waals surface area contributed by atoms with E-state index in [1.165, 1.54) is 6.33 Å². The third-order valence-electron chi connectivity index (χ3n) is 2.66. The lowest BCUT2D eigenvalue weighted by atomic mass is 9.83. The van der Waals surface area contributed by atoms with Crippen LogP contribution in [0, 0.1) is 0 Å². The van der Waals surface area contributed by atoms with Crippen molar-refractivity contribution in [3.63, 3.8) is 0 Å². The van der Waals surface area contributed by atoms with Crippen LogP contribution in [0.3, 0.4) is 0 Å². The van der Waals surface area contributed by atoms with Crippen molar-refractivity contribution in [3.8, 4) is 0 Å². The fourth-order valence-electron chi connectivity index (χ4n) is 1.67. The van der Waals surface area contributed by atoms with Gasteiger partial charge in [0, 0.05) is 12.0 Å². The highest BCUT2D eigenvalue weighted by molar-refractivity contribution is 6.30. The van der Waals surface area contributed by atoms with Crippen molar-refractivity contribution in [1.29, 1.82) is 0 Å². The summed E-state index contributed by atoms with van der Waals surface area (Å²) >= 11 is 5.92. The van der Waals surface area contributed by atoms with E-state index >= 15 is 0 Å². The Balaban J connectivity index is 3.25. The Morgan fingerprint density at radius 2 is 2.25 bits per heavy atom. The maximum atomic E-state index is 10.8. The largest absolute Gasteiger partial charge is 0.479 e. The minimum absolute atomic E-state index is 0.229. The second-order valence-electron chi connectivity index (χ2n) is 4.13. The van der Waals surface area contributed by atoms with Crippen LogP contribution in [-0.2, 0) is 16.8 Å². The highest BCUT2D eigenvalue weighted by Crippen LogP contribution is 2.32. The molecule has 0 aliphatic heterocycles. The molecule has 2 N–H and O–H groups in total. The molecule has 0 bridgehead atoms. The SMILES string of the molecule is CCn1cnc(Cl)c1C(C)(C)C(O)C(=O)O. The first-order valence-electron chi connectivity index (χ1n) is 4.94. The van der Waals surface area contributed by atoms with Crippen LogP contribution in [0.25, 0.3) is 0 Å². The highest BCUT2D eigenvalue weighted by atomic mass is 35.5. The molecule has 1 atom stereocenters. The molecule has 0 radical (unpaired) electrons. The number of carbonyl (C=O) groups is 1. The van der Waals surface area contributed by atoms with Gasteiger partial charge in [-0.25, -0.2) is 9.78 Å². The number of nitrogens with zero attached hydrogens (tertiary/aromatic N) is 2. The van der Waals surface area contributed by atoms with Gasteiger partial charge in [0.15, 0.2) is 11.3 Å². The summed E-state index contributed by atoms with van der Waals surface area (Å²) in [5, 5.41) is 18.7. The molecular formula is C10H15ClN2O3. The number of aliphatic hydroxyl groups is 1. The first-order valence-corrected chi connectivity index (χ1v) is 5.32. The average Bonchev–Trinajstić information content (AvgIpc) is 2.58. The van der Waals surface area contributed by atoms with E-state index in [0.29, 0.717) is 12.2 Å². The molecule has 90 valence electrons. The lowest BCUT2D eigenvalue weighted by Crippen LogP contribution is -2.41. The topological polar surface area (TPSA) is 75.3 Å². The zero-order valence-corrected chi connectivity index (χ0v) is 10.2. The van der Waals surface area contributed by atoms with Gasteiger partial charge in [0.1, 0.15) is 0 Å². The van der Waals surface area contributed by atoms with E-state index in [1.54, 1.807) is 18.4 Å². The molecule has 0 spiro atoms. The molecule has 0 aliphatic rings. The highest BCUT2D eigenvalue weighted by Gasteiger charge is 2.39. The molecule has 5 nitrogen and oxygen atoms in total. The van der Waals surface area contributed by atoms with Crippen LogP contribution in [0.4, 0.5) is 0 Å². The average molecular weight is 247 g/mol. The molecule has 1 aromatic rings. The minimum Gasteiger partial charge on any atom is -0.479 e. The number of rotatable bonds is 4. The molecule has 1 heterocycles. The normalized spacial score (nSPS) is 13.8. The van der Waals surface area contributed by atoms with E-state index in [1.807, 2.05) is 6.92 Å². The summed E-state index contributed by atoms with van der Waals surface area (Å²) in [6.45, 7) is 5.76. The number of imidazole rings is 1. The lowest BCUT2D eigenvalue weighted by Gasteiger charge is -2.28. The van der Waals surface area contributed by atoms with Crippen molar-refractivity contribution in [1.82, 2.24) is 9.55 Å². The van der Waals surface area contributed by atoms with Gasteiger partial charge < -0.3 is 14.8 Å². The van der Waals surface area contributed by atoms with Gasteiger partial charge >= 0.3 is 5.97 Å². The predicted octanol–water partition coefficient (Wildman–Crippen LogP) is 1.28. The van der Waals surface area contributed by atoms with Crippen molar-refractivity contribution in [3.05, 3.63) is 17.2 Å². The number of aromatic nitrogens is 2. The second-order valence-corrected chi connectivity index (χ2v) is 4.49. The number of aliphatic carboxylic acids is 1. The molecule has 6 heteroatoms. The van der Waals surface area contributed by atoms with Crippen molar-refractivity contribution in [2.45, 2.75) is 38.8 Å². The predicted molar refractivity (Wildman–Crippen MR) is 59.6 cm³/mol. The first kappa shape index (κ1) is 13.0. The Bertz CT molecular complexity index is 401. The maximum Gasteiger partial charge on any atom is 0.333 e. The molecular weight excluding hydrogens is 232 g/mol. The summed E-state index contributed by atoms with van der Waals surface area (Å²) in [6, 6.07) is 0. The van der Waals surface area contributed by atoms with Gasteiger partial charge in [-0.3, -0.25) is 0 Å². The zero-order valence-electron chi connectivity index (χ0n) is 9.44. The Morgan fingerprint density at radius 1 is 1.69 bits per heavy atom. The molecule has 0 saturated heterocycles. The molecule has 0 fully saturated rings. The Kier molecular flexibility index (Phi) is 3.60. The van der Waals surface area contributed by atoms with E-state index in [9.17, 15) is 9.90 Å². The minimum atomic E-state index is -1.52. The first-order chi connectivity index (χ1) is 7.32. The second kappa shape index (κ2) is 4.43. The fraction of sp³-hybridized carbons (Fsp3) is 0.600. The van der Waals surface area contributed by atoms with E-state index in [2.05, 4.69) is 4.98 Å². The van der Waals surface area contributed by atoms with E-state index in [0.717, 1.165) is 0 Å². The van der Waals surface area contributed by atoms with Gasteiger partial charge in [-0.05, 0) is 6.92 Å². The van der Waals surface area contributed by atoms with Crippen molar-refractivity contribution >= 4 is 17.6 Å². The third-order valence-corrected chi connectivity index (χ3v) is 2.94. The molecule has 16 heavy (non-hydrogen) atoms. The maximum absolute atomic E-state index is 10.8. The number of aryl methyl sites for hydroxylation is 1. The van der Waals surface area contributed by atoms with Crippen LogP contribution >= 0.6 is 11.6 Å². The van der Waals surface area contributed by atoms with Crippen molar-refractivity contribution in [2.24, 2.45) is 0 Å². The van der Waals surface area contributed by atoms with E-state index < -0.39 is 17.5 Å². The summed E-state index contributed by atoms with van der Waals surface area (Å²) in [5.41, 5.74) is -0.457. The van der Waals surface area contributed by atoms with Crippen molar-refractivity contribution < 1.29 is 15.0 Å². The van der Waals surface area contributed by atoms with Crippen LogP contribution in [0.2, 0.25) is 5.15 Å². The van der Waals surface area contributed by atoms with Crippen LogP contribution < -0.4 is 0 Å². The smallest absolute Gasteiger partial charge is 0.333 e. The number of halogens is 1. The van der Waals surface area contributed by atoms with Gasteiger partial charge in [0.05, 0.1) is 12.0 Å². The van der Waals surface area contributed by atoms with Crippen LogP contribution in [0.15, 0.2) is 6.33 Å². The Hall–Kier alpha value is -1.07. The van der Waals surface area contributed by atoms with Crippen LogP contribution in [0.1, 0.15) is 26.5 Å². The number of hydrogen-bond donors (Lipinski definition) is 2. The quantitative estimate of drug-likeness (QED) is 0.839. The molecule has 1 rings (SSSR count). The monoisotopic (exact) mass is 246 g/mol. The number of carboxylic acids is 1. The molecule has 1 aromatic heterocycles. The van der Waals surface area contributed by atoms with Crippen LogP contribution in [0.5, 0.6) is 0 Å². The fourth-order valence-corrected chi connectivity index (χ4v) is 2.07. The molecule has 1 unspecified atom stereocenters. The van der Waals surface area contributed by atoms with Crippen LogP contribution in [-0.4, -0.2) is 31.8 Å². The van der Waals surface area contributed by atoms with Gasteiger partial charge in [-0.2, -0.15) is 0 Å². The Labute approximate surface area is 98.7 Å². The van der Waals surface area contributed by atoms with E-state index in [4.69, 9.17) is 16.7 Å². The summed E-state index contributed by atoms with van der Waals surface area (Å²) < 4.78 is 1.73. The summed E-state index contributed by atoms with van der Waals surface area (Å²) in [6.07, 6.45) is 0.0144. The molecule has 0 amide bonds. The summed E-state index contributed by atoms with van der Waals surface area (Å²) in [4.78, 5) is 14.7. The van der Waals surface area contributed by atoms with Crippen molar-refractivity contribution in [2.75, 3.05) is 0 Å². The number of carboxylic acid groups (broad SMARTS) is 1. The van der Waals surface area contributed by atoms with Gasteiger partial charge in [0.25, 0.3) is 0 Å². The molecule has 0 saturated carbocycles. The zero-order chi connectivity index (χ0) is 12.5. The summed E-state index contributed by atoms with van der Waals surface area (Å²) in [5.74, 6) is -1.27. The van der Waals surface area contributed by atoms with Gasteiger partial charge in [-0.1, -0.05) is 25.4 Å². The van der Waals surface area contributed by atoms with Gasteiger partial charge in [0.2, 0.25) is 0 Å². The summed E-state index contributed by atoms with van der Waals surface area (Å²) in [7, 11) is 0. The standard InChI is InChI=1S/C10H15ClN2O3/c1-4-13-5-12-8(11)6(13)10(2,3)7(14)9(15)16/h5,7,14H,4H2,1-3H3,(H,15,16). The molecule has 0 aliphatic carbocycles. The number of hydrogen-bond acceptors (Lipinski definition) is 3.